The van der Waals surface area contributed by atoms with E-state index in [1.807, 2.05) is 0 Å². The molecular formula is C13H26BrN. The van der Waals surface area contributed by atoms with E-state index in [-0.39, 0.29) is 0 Å². The highest BCUT2D eigenvalue weighted by Gasteiger charge is 2.21. The molecule has 90 valence electrons. The zero-order valence-electron chi connectivity index (χ0n) is 10.6. The first-order valence-electron chi connectivity index (χ1n) is 6.33. The van der Waals surface area contributed by atoms with Crippen LogP contribution in [0.5, 0.6) is 0 Å². The minimum atomic E-state index is 0.475. The SMILES string of the molecule is CC(C)(C)CCN1CCCCCC1CBr. The Kier molecular flexibility index (Phi) is 5.62. The lowest BCUT2D eigenvalue weighted by Gasteiger charge is -2.31. The second-order valence-corrected chi connectivity index (χ2v) is 6.65. The summed E-state index contributed by atoms with van der Waals surface area (Å²) in [5.41, 5.74) is 0.475. The van der Waals surface area contributed by atoms with Crippen molar-refractivity contribution in [1.29, 1.82) is 0 Å². The van der Waals surface area contributed by atoms with E-state index in [0.717, 1.165) is 11.4 Å². The second-order valence-electron chi connectivity index (χ2n) is 6.00. The van der Waals surface area contributed by atoms with E-state index < -0.39 is 0 Å². The van der Waals surface area contributed by atoms with E-state index in [1.54, 1.807) is 0 Å². The van der Waals surface area contributed by atoms with Crippen LogP contribution in [0.1, 0.15) is 52.9 Å². The maximum absolute atomic E-state index is 3.66. The van der Waals surface area contributed by atoms with Gasteiger partial charge in [0.1, 0.15) is 0 Å². The predicted octanol–water partition coefficient (Wildman–Crippen LogP) is 4.06. The Morgan fingerprint density at radius 2 is 1.93 bits per heavy atom. The largest absolute Gasteiger partial charge is 0.300 e. The lowest BCUT2D eigenvalue weighted by molar-refractivity contribution is 0.186. The van der Waals surface area contributed by atoms with Gasteiger partial charge in [-0.2, -0.15) is 0 Å². The summed E-state index contributed by atoms with van der Waals surface area (Å²) in [7, 11) is 0. The summed E-state index contributed by atoms with van der Waals surface area (Å²) in [6.07, 6.45) is 6.94. The van der Waals surface area contributed by atoms with Crippen LogP contribution < -0.4 is 0 Å². The summed E-state index contributed by atoms with van der Waals surface area (Å²) in [6, 6.07) is 0.787. The lowest BCUT2D eigenvalue weighted by Crippen LogP contribution is -2.38. The molecule has 0 aromatic rings. The van der Waals surface area contributed by atoms with E-state index in [4.69, 9.17) is 0 Å². The Hall–Kier alpha value is 0.440. The van der Waals surface area contributed by atoms with Gasteiger partial charge >= 0.3 is 0 Å². The summed E-state index contributed by atoms with van der Waals surface area (Å²) in [5.74, 6) is 0. The first-order chi connectivity index (χ1) is 7.03. The fourth-order valence-corrected chi connectivity index (χ4v) is 2.92. The summed E-state index contributed by atoms with van der Waals surface area (Å²) in [6.45, 7) is 9.61. The third-order valence-corrected chi connectivity index (χ3v) is 4.07. The van der Waals surface area contributed by atoms with Gasteiger partial charge in [-0.15, -0.1) is 0 Å². The van der Waals surface area contributed by atoms with Crippen molar-refractivity contribution in [3.8, 4) is 0 Å². The highest BCUT2D eigenvalue weighted by atomic mass is 79.9. The Balaban J connectivity index is 2.41. The average molecular weight is 276 g/mol. The smallest absolute Gasteiger partial charge is 0.0192 e. The summed E-state index contributed by atoms with van der Waals surface area (Å²) >= 11 is 3.66. The van der Waals surface area contributed by atoms with Crippen LogP contribution >= 0.6 is 15.9 Å². The average Bonchev–Trinajstić information content (AvgIpc) is 2.37. The monoisotopic (exact) mass is 275 g/mol. The fraction of sp³-hybridized carbons (Fsp3) is 1.00. The number of rotatable bonds is 3. The van der Waals surface area contributed by atoms with Gasteiger partial charge in [0, 0.05) is 11.4 Å². The molecule has 0 aromatic heterocycles. The van der Waals surface area contributed by atoms with Crippen LogP contribution in [0.4, 0.5) is 0 Å². The van der Waals surface area contributed by atoms with Gasteiger partial charge in [0.25, 0.3) is 0 Å². The zero-order chi connectivity index (χ0) is 11.3. The lowest BCUT2D eigenvalue weighted by atomic mass is 9.92. The van der Waals surface area contributed by atoms with Crippen LogP contribution in [0, 0.1) is 5.41 Å². The Morgan fingerprint density at radius 3 is 2.53 bits per heavy atom. The molecule has 1 unspecified atom stereocenters. The first kappa shape index (κ1) is 13.5. The maximum Gasteiger partial charge on any atom is 0.0192 e. The van der Waals surface area contributed by atoms with Crippen molar-refractivity contribution in [2.45, 2.75) is 58.9 Å². The minimum absolute atomic E-state index is 0.475. The van der Waals surface area contributed by atoms with Gasteiger partial charge in [0.15, 0.2) is 0 Å². The van der Waals surface area contributed by atoms with Crippen molar-refractivity contribution in [2.24, 2.45) is 5.41 Å². The highest BCUT2D eigenvalue weighted by molar-refractivity contribution is 9.09. The summed E-state index contributed by atoms with van der Waals surface area (Å²) in [5, 5.41) is 1.15. The van der Waals surface area contributed by atoms with Crippen molar-refractivity contribution in [1.82, 2.24) is 4.90 Å². The van der Waals surface area contributed by atoms with Crippen molar-refractivity contribution in [3.63, 3.8) is 0 Å². The molecule has 2 heteroatoms. The van der Waals surface area contributed by atoms with E-state index in [0.29, 0.717) is 5.41 Å². The molecule has 15 heavy (non-hydrogen) atoms. The molecule has 0 N–H and O–H groups in total. The number of alkyl halides is 1. The van der Waals surface area contributed by atoms with Crippen LogP contribution in [-0.4, -0.2) is 29.4 Å². The highest BCUT2D eigenvalue weighted by Crippen LogP contribution is 2.23. The van der Waals surface area contributed by atoms with Gasteiger partial charge in [-0.3, -0.25) is 4.90 Å². The van der Waals surface area contributed by atoms with Crippen LogP contribution in [0.25, 0.3) is 0 Å². The van der Waals surface area contributed by atoms with Crippen molar-refractivity contribution < 1.29 is 0 Å². The second kappa shape index (κ2) is 6.24. The molecule has 0 saturated carbocycles. The Morgan fingerprint density at radius 1 is 1.20 bits per heavy atom. The molecule has 0 bridgehead atoms. The maximum atomic E-state index is 3.66. The van der Waals surface area contributed by atoms with Crippen LogP contribution in [0.2, 0.25) is 0 Å². The topological polar surface area (TPSA) is 3.24 Å². The number of likely N-dealkylation sites (tertiary alicyclic amines) is 1. The molecule has 1 aliphatic heterocycles. The number of hydrogen-bond acceptors (Lipinski definition) is 1. The molecule has 1 fully saturated rings. The summed E-state index contributed by atoms with van der Waals surface area (Å²) in [4.78, 5) is 2.70. The van der Waals surface area contributed by atoms with Crippen molar-refractivity contribution >= 4 is 15.9 Å². The normalized spacial score (nSPS) is 25.2. The van der Waals surface area contributed by atoms with Gasteiger partial charge in [-0.25, -0.2) is 0 Å². The number of hydrogen-bond donors (Lipinski definition) is 0. The predicted molar refractivity (Wildman–Crippen MR) is 71.7 cm³/mol. The van der Waals surface area contributed by atoms with Crippen LogP contribution in [0.15, 0.2) is 0 Å². The fourth-order valence-electron chi connectivity index (χ4n) is 2.18. The van der Waals surface area contributed by atoms with Crippen molar-refractivity contribution in [2.75, 3.05) is 18.4 Å². The molecule has 0 spiro atoms. The third kappa shape index (κ3) is 5.35. The molecule has 0 radical (unpaired) electrons. The molecule has 0 aromatic carbocycles. The standard InChI is InChI=1S/C13H26BrN/c1-13(2,3)8-10-15-9-6-4-5-7-12(15)11-14/h12H,4-11H2,1-3H3. The molecule has 1 heterocycles. The number of halogens is 1. The van der Waals surface area contributed by atoms with Crippen molar-refractivity contribution in [3.05, 3.63) is 0 Å². The molecule has 1 aliphatic rings. The molecule has 1 atom stereocenters. The number of nitrogens with zero attached hydrogens (tertiary/aromatic N) is 1. The van der Waals surface area contributed by atoms with Gasteiger partial charge in [-0.05, 0) is 37.8 Å². The van der Waals surface area contributed by atoms with E-state index in [2.05, 4.69) is 41.6 Å². The summed E-state index contributed by atoms with van der Waals surface area (Å²) < 4.78 is 0. The molecule has 1 nitrogen and oxygen atoms in total. The van der Waals surface area contributed by atoms with E-state index in [9.17, 15) is 0 Å². The molecule has 0 amide bonds. The Bertz CT molecular complexity index is 174. The van der Waals surface area contributed by atoms with Gasteiger partial charge < -0.3 is 0 Å². The van der Waals surface area contributed by atoms with E-state index in [1.165, 1.54) is 45.2 Å². The quantitative estimate of drug-likeness (QED) is 0.703. The molecular weight excluding hydrogens is 250 g/mol. The Labute approximate surface area is 104 Å². The van der Waals surface area contributed by atoms with E-state index >= 15 is 0 Å². The van der Waals surface area contributed by atoms with Crippen LogP contribution in [0.3, 0.4) is 0 Å². The van der Waals surface area contributed by atoms with Gasteiger partial charge in [0.2, 0.25) is 0 Å². The van der Waals surface area contributed by atoms with Crippen LogP contribution in [-0.2, 0) is 0 Å². The minimum Gasteiger partial charge on any atom is -0.300 e. The first-order valence-corrected chi connectivity index (χ1v) is 7.45. The molecule has 1 saturated heterocycles. The molecule has 0 aliphatic carbocycles. The van der Waals surface area contributed by atoms with Gasteiger partial charge in [-0.1, -0.05) is 49.5 Å². The third-order valence-electron chi connectivity index (χ3n) is 3.33. The zero-order valence-corrected chi connectivity index (χ0v) is 12.1. The van der Waals surface area contributed by atoms with Gasteiger partial charge in [0.05, 0.1) is 0 Å². The molecule has 1 rings (SSSR count).